The molecule has 18 heavy (non-hydrogen) atoms. The molecule has 1 aromatic rings. The zero-order valence-corrected chi connectivity index (χ0v) is 10.6. The van der Waals surface area contributed by atoms with Crippen LogP contribution in [0.1, 0.15) is 12.0 Å². The van der Waals surface area contributed by atoms with Crippen LogP contribution in [0.2, 0.25) is 0 Å². The Balaban J connectivity index is 2.72. The van der Waals surface area contributed by atoms with Gasteiger partial charge in [0, 0.05) is 0 Å². The van der Waals surface area contributed by atoms with E-state index < -0.39 is 35.2 Å². The number of aryl methyl sites for hydroxylation is 1. The predicted octanol–water partition coefficient (Wildman–Crippen LogP) is 0.536. The summed E-state index contributed by atoms with van der Waals surface area (Å²) in [6.07, 6.45) is -1.93. The van der Waals surface area contributed by atoms with Crippen LogP contribution in [-0.2, 0) is 19.1 Å². The molecule has 0 spiro atoms. The van der Waals surface area contributed by atoms with Gasteiger partial charge in [0.2, 0.25) is 0 Å². The van der Waals surface area contributed by atoms with Crippen molar-refractivity contribution in [2.75, 3.05) is 6.61 Å². The highest BCUT2D eigenvalue weighted by atomic mass is 32.2. The molecule has 0 saturated heterocycles. The van der Waals surface area contributed by atoms with E-state index in [1.165, 1.54) is 6.07 Å². The lowest BCUT2D eigenvalue weighted by atomic mass is 10.2. The maximum atomic E-state index is 11.8. The zero-order valence-electron chi connectivity index (χ0n) is 9.74. The van der Waals surface area contributed by atoms with Gasteiger partial charge in [-0.05, 0) is 18.6 Å². The fourth-order valence-electron chi connectivity index (χ4n) is 1.33. The van der Waals surface area contributed by atoms with Crippen LogP contribution in [0.15, 0.2) is 29.2 Å². The molecule has 7 heteroatoms. The predicted molar refractivity (Wildman–Crippen MR) is 62.6 cm³/mol. The molecule has 0 aromatic heterocycles. The number of carboxylic acid groups (broad SMARTS) is 1. The van der Waals surface area contributed by atoms with Gasteiger partial charge >= 0.3 is 5.97 Å². The van der Waals surface area contributed by atoms with Gasteiger partial charge in [0.1, 0.15) is 0 Å². The number of carboxylic acids is 1. The molecule has 100 valence electrons. The standard InChI is InChI=1S/C11H14O6S/c1-8-4-2-3-5-10(8)18(15,16)17-7-9(12)6-11(13)14/h2-5,9,12H,6-7H2,1H3,(H,13,14). The minimum Gasteiger partial charge on any atom is -0.481 e. The zero-order chi connectivity index (χ0) is 13.8. The van der Waals surface area contributed by atoms with Crippen molar-refractivity contribution in [2.45, 2.75) is 24.3 Å². The normalized spacial score (nSPS) is 13.2. The average Bonchev–Trinajstić information content (AvgIpc) is 2.26. The van der Waals surface area contributed by atoms with Crippen molar-refractivity contribution in [1.82, 2.24) is 0 Å². The first-order valence-electron chi connectivity index (χ1n) is 5.18. The number of benzene rings is 1. The first-order valence-corrected chi connectivity index (χ1v) is 6.58. The van der Waals surface area contributed by atoms with Crippen LogP contribution in [0.5, 0.6) is 0 Å². The first kappa shape index (κ1) is 14.6. The SMILES string of the molecule is Cc1ccccc1S(=O)(=O)OCC(O)CC(=O)O. The molecule has 0 radical (unpaired) electrons. The summed E-state index contributed by atoms with van der Waals surface area (Å²) in [4.78, 5) is 10.3. The van der Waals surface area contributed by atoms with Gasteiger partial charge < -0.3 is 10.2 Å². The summed E-state index contributed by atoms with van der Waals surface area (Å²) in [7, 11) is -3.97. The Kier molecular flexibility index (Phi) is 4.83. The maximum absolute atomic E-state index is 11.8. The van der Waals surface area contributed by atoms with Gasteiger partial charge in [-0.15, -0.1) is 0 Å². The Bertz CT molecular complexity index is 522. The Morgan fingerprint density at radius 1 is 1.39 bits per heavy atom. The van der Waals surface area contributed by atoms with Crippen molar-refractivity contribution < 1.29 is 27.6 Å². The molecule has 0 fully saturated rings. The monoisotopic (exact) mass is 274 g/mol. The third-order valence-corrected chi connectivity index (χ3v) is 3.63. The van der Waals surface area contributed by atoms with Gasteiger partial charge in [-0.2, -0.15) is 8.42 Å². The molecule has 1 aromatic carbocycles. The molecule has 1 rings (SSSR count). The quantitative estimate of drug-likeness (QED) is 0.734. The third-order valence-electron chi connectivity index (χ3n) is 2.19. The van der Waals surface area contributed by atoms with Gasteiger partial charge in [0.15, 0.2) is 0 Å². The molecule has 0 aliphatic rings. The molecular formula is C11H14O6S. The van der Waals surface area contributed by atoms with Crippen LogP contribution in [-0.4, -0.2) is 37.3 Å². The molecule has 1 unspecified atom stereocenters. The summed E-state index contributed by atoms with van der Waals surface area (Å²) in [5, 5.41) is 17.6. The van der Waals surface area contributed by atoms with Gasteiger partial charge in [-0.25, -0.2) is 0 Å². The molecule has 0 bridgehead atoms. The number of aliphatic hydroxyl groups excluding tert-OH is 1. The largest absolute Gasteiger partial charge is 0.481 e. The lowest BCUT2D eigenvalue weighted by Crippen LogP contribution is -2.22. The third kappa shape index (κ3) is 4.10. The van der Waals surface area contributed by atoms with E-state index in [9.17, 15) is 18.3 Å². The van der Waals surface area contributed by atoms with Crippen molar-refractivity contribution >= 4 is 16.1 Å². The minimum absolute atomic E-state index is 0.00697. The number of carbonyl (C=O) groups is 1. The van der Waals surface area contributed by atoms with Crippen molar-refractivity contribution in [3.05, 3.63) is 29.8 Å². The van der Waals surface area contributed by atoms with E-state index >= 15 is 0 Å². The maximum Gasteiger partial charge on any atom is 0.306 e. The van der Waals surface area contributed by atoms with Gasteiger partial charge in [0.25, 0.3) is 10.1 Å². The summed E-state index contributed by atoms with van der Waals surface area (Å²) in [5.74, 6) is -1.22. The second-order valence-corrected chi connectivity index (χ2v) is 5.34. The van der Waals surface area contributed by atoms with Crippen LogP contribution in [0.25, 0.3) is 0 Å². The van der Waals surface area contributed by atoms with Gasteiger partial charge in [-0.1, -0.05) is 18.2 Å². The van der Waals surface area contributed by atoms with Crippen LogP contribution in [0.4, 0.5) is 0 Å². The Morgan fingerprint density at radius 2 is 2.00 bits per heavy atom. The van der Waals surface area contributed by atoms with Crippen molar-refractivity contribution in [2.24, 2.45) is 0 Å². The Morgan fingerprint density at radius 3 is 2.56 bits per heavy atom. The van der Waals surface area contributed by atoms with E-state index in [-0.39, 0.29) is 4.90 Å². The summed E-state index contributed by atoms with van der Waals surface area (Å²) < 4.78 is 28.1. The second kappa shape index (κ2) is 5.94. The van der Waals surface area contributed by atoms with Crippen LogP contribution >= 0.6 is 0 Å². The van der Waals surface area contributed by atoms with E-state index in [1.54, 1.807) is 25.1 Å². The number of rotatable bonds is 6. The lowest BCUT2D eigenvalue weighted by molar-refractivity contribution is -0.139. The summed E-state index contributed by atoms with van der Waals surface area (Å²) >= 11 is 0. The molecule has 0 aliphatic heterocycles. The molecule has 0 saturated carbocycles. The number of aliphatic hydroxyl groups is 1. The smallest absolute Gasteiger partial charge is 0.306 e. The number of hydrogen-bond donors (Lipinski definition) is 2. The van der Waals surface area contributed by atoms with Crippen molar-refractivity contribution in [3.8, 4) is 0 Å². The topological polar surface area (TPSA) is 101 Å². The fourth-order valence-corrected chi connectivity index (χ4v) is 2.50. The molecule has 2 N–H and O–H groups in total. The molecule has 6 nitrogen and oxygen atoms in total. The van der Waals surface area contributed by atoms with E-state index in [4.69, 9.17) is 5.11 Å². The highest BCUT2D eigenvalue weighted by Gasteiger charge is 2.20. The van der Waals surface area contributed by atoms with Gasteiger partial charge in [-0.3, -0.25) is 8.98 Å². The van der Waals surface area contributed by atoms with Crippen molar-refractivity contribution in [3.63, 3.8) is 0 Å². The van der Waals surface area contributed by atoms with Crippen LogP contribution in [0, 0.1) is 6.92 Å². The summed E-state index contributed by atoms with van der Waals surface area (Å²) in [5.41, 5.74) is 0.519. The molecule has 0 amide bonds. The van der Waals surface area contributed by atoms with E-state index in [0.29, 0.717) is 5.56 Å². The van der Waals surface area contributed by atoms with Crippen molar-refractivity contribution in [1.29, 1.82) is 0 Å². The van der Waals surface area contributed by atoms with Gasteiger partial charge in [0.05, 0.1) is 24.0 Å². The first-order chi connectivity index (χ1) is 8.33. The number of aliphatic carboxylic acids is 1. The Hall–Kier alpha value is -1.44. The molecular weight excluding hydrogens is 260 g/mol. The highest BCUT2D eigenvalue weighted by molar-refractivity contribution is 7.86. The van der Waals surface area contributed by atoms with Crippen LogP contribution < -0.4 is 0 Å². The van der Waals surface area contributed by atoms with Crippen LogP contribution in [0.3, 0.4) is 0 Å². The highest BCUT2D eigenvalue weighted by Crippen LogP contribution is 2.17. The lowest BCUT2D eigenvalue weighted by Gasteiger charge is -2.10. The average molecular weight is 274 g/mol. The Labute approximate surface area is 105 Å². The molecule has 0 aliphatic carbocycles. The molecule has 1 atom stereocenters. The summed E-state index contributed by atoms with van der Waals surface area (Å²) in [6, 6.07) is 6.24. The minimum atomic E-state index is -3.97. The van der Waals surface area contributed by atoms with E-state index in [1.807, 2.05) is 0 Å². The van der Waals surface area contributed by atoms with E-state index in [0.717, 1.165) is 0 Å². The second-order valence-electron chi connectivity index (χ2n) is 3.76. The van der Waals surface area contributed by atoms with E-state index in [2.05, 4.69) is 4.18 Å². The fraction of sp³-hybridized carbons (Fsp3) is 0.364. The molecule has 0 heterocycles. The summed E-state index contributed by atoms with van der Waals surface area (Å²) in [6.45, 7) is 1.03. The number of hydrogen-bond acceptors (Lipinski definition) is 5.